The summed E-state index contributed by atoms with van der Waals surface area (Å²) in [5.41, 5.74) is 7.43. The van der Waals surface area contributed by atoms with Gasteiger partial charge in [-0.2, -0.15) is 0 Å². The molecule has 0 spiro atoms. The van der Waals surface area contributed by atoms with Gasteiger partial charge in [0.05, 0.1) is 0 Å². The van der Waals surface area contributed by atoms with Gasteiger partial charge in [0.15, 0.2) is 0 Å². The van der Waals surface area contributed by atoms with Crippen LogP contribution in [0.15, 0.2) is 42.6 Å². The molecule has 0 amide bonds. The molecule has 0 radical (unpaired) electrons. The molecule has 1 aromatic heterocycles. The molecule has 0 aliphatic rings. The Labute approximate surface area is 105 Å². The quantitative estimate of drug-likeness (QED) is 0.843. The van der Waals surface area contributed by atoms with E-state index in [9.17, 15) is 0 Å². The maximum Gasteiger partial charge on any atom is 0.219 e. The number of ether oxygens (including phenoxy) is 1. The Morgan fingerprint density at radius 2 is 2.12 bits per heavy atom. The summed E-state index contributed by atoms with van der Waals surface area (Å²) in [4.78, 5) is 4.44. The average molecular weight is 244 g/mol. The highest BCUT2D eigenvalue weighted by molar-refractivity contribution is 7.80. The minimum absolute atomic E-state index is 0.335. The number of nitrogens with zero attached hydrogens (tertiary/aromatic N) is 1. The van der Waals surface area contributed by atoms with Crippen molar-refractivity contribution < 1.29 is 4.74 Å². The van der Waals surface area contributed by atoms with E-state index in [0.717, 1.165) is 16.9 Å². The zero-order valence-corrected chi connectivity index (χ0v) is 10.2. The summed E-state index contributed by atoms with van der Waals surface area (Å²) in [5.74, 6) is 1.23. The van der Waals surface area contributed by atoms with Crippen molar-refractivity contribution in [2.24, 2.45) is 5.73 Å². The van der Waals surface area contributed by atoms with Crippen molar-refractivity contribution in [3.05, 3.63) is 53.7 Å². The Morgan fingerprint density at radius 3 is 2.82 bits per heavy atom. The van der Waals surface area contributed by atoms with E-state index in [2.05, 4.69) is 4.98 Å². The average Bonchev–Trinajstić information content (AvgIpc) is 2.29. The van der Waals surface area contributed by atoms with Crippen molar-refractivity contribution in [1.82, 2.24) is 4.98 Å². The van der Waals surface area contributed by atoms with Crippen LogP contribution in [0.3, 0.4) is 0 Å². The van der Waals surface area contributed by atoms with Gasteiger partial charge in [0.1, 0.15) is 10.7 Å². The van der Waals surface area contributed by atoms with Crippen LogP contribution in [0.25, 0.3) is 0 Å². The van der Waals surface area contributed by atoms with Crippen molar-refractivity contribution >= 4 is 17.2 Å². The van der Waals surface area contributed by atoms with Crippen molar-refractivity contribution in [2.45, 2.75) is 6.92 Å². The van der Waals surface area contributed by atoms with E-state index in [-0.39, 0.29) is 0 Å². The van der Waals surface area contributed by atoms with Crippen LogP contribution in [-0.2, 0) is 0 Å². The fourth-order valence-corrected chi connectivity index (χ4v) is 1.55. The third kappa shape index (κ3) is 3.01. The second kappa shape index (κ2) is 4.93. The third-order valence-electron chi connectivity index (χ3n) is 2.23. The number of rotatable bonds is 3. The molecule has 0 unspecified atom stereocenters. The molecule has 0 fully saturated rings. The first-order valence-corrected chi connectivity index (χ1v) is 5.56. The molecule has 0 aliphatic heterocycles. The molecular formula is C13H12N2OS. The van der Waals surface area contributed by atoms with Crippen LogP contribution in [0, 0.1) is 6.92 Å². The Balaban J connectivity index is 2.24. The maximum absolute atomic E-state index is 5.62. The lowest BCUT2D eigenvalue weighted by Crippen LogP contribution is -2.09. The van der Waals surface area contributed by atoms with E-state index in [1.165, 1.54) is 0 Å². The number of pyridine rings is 1. The van der Waals surface area contributed by atoms with Gasteiger partial charge in [-0.3, -0.25) is 0 Å². The summed E-state index contributed by atoms with van der Waals surface area (Å²) < 4.78 is 5.62. The fourth-order valence-electron chi connectivity index (χ4n) is 1.42. The number of nitrogens with two attached hydrogens (primary N) is 1. The Kier molecular flexibility index (Phi) is 3.35. The Bertz CT molecular complexity index is 555. The molecule has 2 N–H and O–H groups in total. The largest absolute Gasteiger partial charge is 0.439 e. The number of aryl methyl sites for hydroxylation is 1. The molecule has 0 atom stereocenters. The minimum atomic E-state index is 0.335. The van der Waals surface area contributed by atoms with E-state index in [0.29, 0.717) is 10.9 Å². The lowest BCUT2D eigenvalue weighted by molar-refractivity contribution is 0.462. The van der Waals surface area contributed by atoms with Gasteiger partial charge in [0.2, 0.25) is 5.88 Å². The van der Waals surface area contributed by atoms with Crippen LogP contribution in [0.4, 0.5) is 0 Å². The number of thiocarbonyl (C=S) groups is 1. The molecular weight excluding hydrogens is 232 g/mol. The van der Waals surface area contributed by atoms with Crippen molar-refractivity contribution in [3.63, 3.8) is 0 Å². The topological polar surface area (TPSA) is 48.1 Å². The van der Waals surface area contributed by atoms with E-state index in [1.807, 2.05) is 31.2 Å². The highest BCUT2D eigenvalue weighted by Crippen LogP contribution is 2.20. The summed E-state index contributed by atoms with van der Waals surface area (Å²) in [5, 5.41) is 0. The predicted molar refractivity (Wildman–Crippen MR) is 71.4 cm³/mol. The molecule has 3 nitrogen and oxygen atoms in total. The number of hydrogen-bond donors (Lipinski definition) is 1. The highest BCUT2D eigenvalue weighted by atomic mass is 32.1. The fraction of sp³-hybridized carbons (Fsp3) is 0.0769. The van der Waals surface area contributed by atoms with Gasteiger partial charge in [-0.1, -0.05) is 24.4 Å². The third-order valence-corrected chi connectivity index (χ3v) is 2.47. The smallest absolute Gasteiger partial charge is 0.219 e. The van der Waals surface area contributed by atoms with Crippen molar-refractivity contribution in [2.75, 3.05) is 0 Å². The zero-order chi connectivity index (χ0) is 12.3. The first kappa shape index (κ1) is 11.5. The number of benzene rings is 1. The number of hydrogen-bond acceptors (Lipinski definition) is 3. The number of aromatic nitrogens is 1. The van der Waals surface area contributed by atoms with Gasteiger partial charge < -0.3 is 10.5 Å². The molecule has 17 heavy (non-hydrogen) atoms. The summed E-state index contributed by atoms with van der Waals surface area (Å²) in [6.45, 7) is 2.01. The molecule has 0 aliphatic carbocycles. The van der Waals surface area contributed by atoms with Crippen LogP contribution < -0.4 is 10.5 Å². The standard InChI is InChI=1S/C13H12N2OS/c1-9-3-2-4-11(7-9)16-12-8-10(13(14)17)5-6-15-12/h2-8H,1H3,(H2,14,17). The maximum atomic E-state index is 5.62. The zero-order valence-electron chi connectivity index (χ0n) is 9.38. The van der Waals surface area contributed by atoms with Gasteiger partial charge in [0, 0.05) is 17.8 Å². The van der Waals surface area contributed by atoms with Gasteiger partial charge in [-0.05, 0) is 30.7 Å². The molecule has 4 heteroatoms. The molecule has 86 valence electrons. The monoisotopic (exact) mass is 244 g/mol. The van der Waals surface area contributed by atoms with Crippen LogP contribution in [-0.4, -0.2) is 9.97 Å². The van der Waals surface area contributed by atoms with Crippen LogP contribution >= 0.6 is 12.2 Å². The lowest BCUT2D eigenvalue weighted by atomic mass is 10.2. The predicted octanol–water partition coefficient (Wildman–Crippen LogP) is 2.82. The molecule has 1 aromatic carbocycles. The van der Waals surface area contributed by atoms with Crippen LogP contribution in [0.1, 0.15) is 11.1 Å². The Hall–Kier alpha value is -1.94. The molecule has 1 heterocycles. The Morgan fingerprint density at radius 1 is 1.29 bits per heavy atom. The molecule has 0 saturated carbocycles. The highest BCUT2D eigenvalue weighted by Gasteiger charge is 2.02. The normalized spacial score (nSPS) is 9.94. The van der Waals surface area contributed by atoms with Crippen molar-refractivity contribution in [3.8, 4) is 11.6 Å². The second-order valence-corrected chi connectivity index (χ2v) is 4.11. The van der Waals surface area contributed by atoms with E-state index in [1.54, 1.807) is 18.3 Å². The van der Waals surface area contributed by atoms with Gasteiger partial charge in [-0.15, -0.1) is 0 Å². The SMILES string of the molecule is Cc1cccc(Oc2cc(C(N)=S)ccn2)c1. The van der Waals surface area contributed by atoms with Gasteiger partial charge in [0.25, 0.3) is 0 Å². The van der Waals surface area contributed by atoms with E-state index < -0.39 is 0 Å². The van der Waals surface area contributed by atoms with Crippen LogP contribution in [0.5, 0.6) is 11.6 Å². The molecule has 0 saturated heterocycles. The summed E-state index contributed by atoms with van der Waals surface area (Å²) in [6, 6.07) is 11.2. The second-order valence-electron chi connectivity index (χ2n) is 3.67. The summed E-state index contributed by atoms with van der Waals surface area (Å²) in [6.07, 6.45) is 1.62. The van der Waals surface area contributed by atoms with Crippen LogP contribution in [0.2, 0.25) is 0 Å². The lowest BCUT2D eigenvalue weighted by Gasteiger charge is -2.06. The molecule has 2 aromatic rings. The van der Waals surface area contributed by atoms with E-state index >= 15 is 0 Å². The summed E-state index contributed by atoms with van der Waals surface area (Å²) >= 11 is 4.90. The first-order chi connectivity index (χ1) is 8.15. The summed E-state index contributed by atoms with van der Waals surface area (Å²) in [7, 11) is 0. The van der Waals surface area contributed by atoms with Gasteiger partial charge >= 0.3 is 0 Å². The van der Waals surface area contributed by atoms with Crippen molar-refractivity contribution in [1.29, 1.82) is 0 Å². The first-order valence-electron chi connectivity index (χ1n) is 5.15. The van der Waals surface area contributed by atoms with Gasteiger partial charge in [-0.25, -0.2) is 4.98 Å². The molecule has 0 bridgehead atoms. The molecule has 2 rings (SSSR count). The minimum Gasteiger partial charge on any atom is -0.439 e. The van der Waals surface area contributed by atoms with E-state index in [4.69, 9.17) is 22.7 Å².